The second kappa shape index (κ2) is 7.50. The molecule has 0 heterocycles. The van der Waals surface area contributed by atoms with Crippen LogP contribution in [0.25, 0.3) is 0 Å². The number of nitrogens with one attached hydrogen (secondary N) is 1. The molecule has 4 N–H and O–H groups in total. The lowest BCUT2D eigenvalue weighted by molar-refractivity contribution is 0.0691. The Morgan fingerprint density at radius 2 is 1.67 bits per heavy atom. The fourth-order valence-corrected chi connectivity index (χ4v) is 1.56. The number of hydrogen-bond acceptors (Lipinski definition) is 4. The molecule has 0 aliphatic heterocycles. The standard InChI is InChI=1S/C12H14F2N2O5/c13-8-6-9(14)10(5-7(8)11(19)20)15-12(21)16(1-3-17)2-4-18/h5-6,17-18H,1-4H2,(H,15,21)(H,19,20). The number of benzene rings is 1. The highest BCUT2D eigenvalue weighted by Crippen LogP contribution is 2.20. The van der Waals surface area contributed by atoms with Gasteiger partial charge in [-0.25, -0.2) is 18.4 Å². The minimum atomic E-state index is -1.61. The van der Waals surface area contributed by atoms with Gasteiger partial charge in [-0.2, -0.15) is 0 Å². The first kappa shape index (κ1) is 16.8. The number of carboxylic acids is 1. The molecule has 116 valence electrons. The van der Waals surface area contributed by atoms with Crippen LogP contribution in [0.5, 0.6) is 0 Å². The van der Waals surface area contributed by atoms with E-state index >= 15 is 0 Å². The van der Waals surface area contributed by atoms with Crippen LogP contribution in [0.1, 0.15) is 10.4 Å². The fourth-order valence-electron chi connectivity index (χ4n) is 1.56. The molecule has 1 aromatic rings. The molecule has 0 spiro atoms. The summed E-state index contributed by atoms with van der Waals surface area (Å²) in [6, 6.07) is 0.141. The number of aliphatic hydroxyl groups excluding tert-OH is 2. The molecule has 0 bridgehead atoms. The van der Waals surface area contributed by atoms with E-state index < -0.39 is 34.9 Å². The van der Waals surface area contributed by atoms with Gasteiger partial charge in [-0.05, 0) is 6.07 Å². The SMILES string of the molecule is O=C(O)c1cc(NC(=O)N(CCO)CCO)c(F)cc1F. The van der Waals surface area contributed by atoms with Crippen LogP contribution in [0.15, 0.2) is 12.1 Å². The largest absolute Gasteiger partial charge is 0.478 e. The molecule has 1 rings (SSSR count). The molecule has 0 saturated carbocycles. The molecule has 0 fully saturated rings. The summed E-state index contributed by atoms with van der Waals surface area (Å²) in [5.74, 6) is -4.01. The Morgan fingerprint density at radius 1 is 1.10 bits per heavy atom. The van der Waals surface area contributed by atoms with Crippen molar-refractivity contribution in [1.82, 2.24) is 4.90 Å². The lowest BCUT2D eigenvalue weighted by Gasteiger charge is -2.21. The molecular weight excluding hydrogens is 290 g/mol. The van der Waals surface area contributed by atoms with Crippen molar-refractivity contribution in [2.75, 3.05) is 31.6 Å². The first-order chi connectivity index (χ1) is 9.90. The normalized spacial score (nSPS) is 10.3. The van der Waals surface area contributed by atoms with E-state index in [0.29, 0.717) is 12.1 Å². The van der Waals surface area contributed by atoms with Crippen molar-refractivity contribution in [2.45, 2.75) is 0 Å². The average Bonchev–Trinajstić information content (AvgIpc) is 2.41. The number of anilines is 1. The summed E-state index contributed by atoms with van der Waals surface area (Å²) in [6.07, 6.45) is 0. The highest BCUT2D eigenvalue weighted by Gasteiger charge is 2.19. The fraction of sp³-hybridized carbons (Fsp3) is 0.333. The summed E-state index contributed by atoms with van der Waals surface area (Å²) >= 11 is 0. The summed E-state index contributed by atoms with van der Waals surface area (Å²) in [6.45, 7) is -0.971. The number of rotatable bonds is 6. The van der Waals surface area contributed by atoms with Gasteiger partial charge in [-0.3, -0.25) is 0 Å². The second-order valence-electron chi connectivity index (χ2n) is 3.98. The molecule has 0 aromatic heterocycles. The zero-order valence-electron chi connectivity index (χ0n) is 10.8. The van der Waals surface area contributed by atoms with E-state index in [1.807, 2.05) is 0 Å². The van der Waals surface area contributed by atoms with Crippen molar-refractivity contribution < 1.29 is 33.7 Å². The van der Waals surface area contributed by atoms with Crippen LogP contribution < -0.4 is 5.32 Å². The van der Waals surface area contributed by atoms with Gasteiger partial charge < -0.3 is 25.5 Å². The Labute approximate surface area is 118 Å². The number of urea groups is 1. The number of aliphatic hydroxyl groups is 2. The molecule has 7 nitrogen and oxygen atoms in total. The van der Waals surface area contributed by atoms with Crippen LogP contribution in [-0.4, -0.2) is 58.5 Å². The summed E-state index contributed by atoms with van der Waals surface area (Å²) < 4.78 is 26.7. The Hall–Kier alpha value is -2.26. The molecule has 0 atom stereocenters. The van der Waals surface area contributed by atoms with Crippen LogP contribution in [0.3, 0.4) is 0 Å². The number of nitrogens with zero attached hydrogens (tertiary/aromatic N) is 1. The number of aromatic carboxylic acids is 1. The van der Waals surface area contributed by atoms with Gasteiger partial charge in [0.1, 0.15) is 11.6 Å². The van der Waals surface area contributed by atoms with E-state index in [9.17, 15) is 18.4 Å². The third-order valence-electron chi connectivity index (χ3n) is 2.56. The topological polar surface area (TPSA) is 110 Å². The van der Waals surface area contributed by atoms with Crippen molar-refractivity contribution in [2.24, 2.45) is 0 Å². The highest BCUT2D eigenvalue weighted by atomic mass is 19.1. The van der Waals surface area contributed by atoms with Crippen molar-refractivity contribution in [3.8, 4) is 0 Å². The quantitative estimate of drug-likeness (QED) is 0.611. The highest BCUT2D eigenvalue weighted by molar-refractivity contribution is 5.93. The molecule has 0 aliphatic carbocycles. The van der Waals surface area contributed by atoms with Crippen molar-refractivity contribution in [3.05, 3.63) is 29.3 Å². The van der Waals surface area contributed by atoms with Crippen LogP contribution in [-0.2, 0) is 0 Å². The van der Waals surface area contributed by atoms with E-state index in [1.54, 1.807) is 0 Å². The monoisotopic (exact) mass is 304 g/mol. The second-order valence-corrected chi connectivity index (χ2v) is 3.98. The Kier molecular flexibility index (Phi) is 6.00. The molecule has 1 aromatic carbocycles. The van der Waals surface area contributed by atoms with Gasteiger partial charge in [0.05, 0.1) is 24.5 Å². The van der Waals surface area contributed by atoms with E-state index in [2.05, 4.69) is 5.32 Å². The summed E-state index contributed by atoms with van der Waals surface area (Å²) in [5, 5.41) is 28.4. The van der Waals surface area contributed by atoms with Crippen molar-refractivity contribution in [3.63, 3.8) is 0 Å². The molecular formula is C12H14F2N2O5. The molecule has 2 amide bonds. The number of halogens is 2. The van der Waals surface area contributed by atoms with Crippen LogP contribution in [0.2, 0.25) is 0 Å². The molecule has 9 heteroatoms. The molecule has 0 unspecified atom stereocenters. The van der Waals surface area contributed by atoms with Gasteiger partial charge in [0.15, 0.2) is 0 Å². The first-order valence-electron chi connectivity index (χ1n) is 5.90. The van der Waals surface area contributed by atoms with Gasteiger partial charge >= 0.3 is 12.0 Å². The number of hydrogen-bond donors (Lipinski definition) is 4. The predicted octanol–water partition coefficient (Wildman–Crippen LogP) is 0.482. The van der Waals surface area contributed by atoms with E-state index in [0.717, 1.165) is 4.90 Å². The van der Waals surface area contributed by atoms with Gasteiger partial charge in [0, 0.05) is 19.2 Å². The average molecular weight is 304 g/mol. The summed E-state index contributed by atoms with van der Waals surface area (Å²) in [7, 11) is 0. The third kappa shape index (κ3) is 4.36. The molecule has 0 aliphatic rings. The van der Waals surface area contributed by atoms with Gasteiger partial charge in [-0.1, -0.05) is 0 Å². The minimum absolute atomic E-state index is 0.110. The third-order valence-corrected chi connectivity index (χ3v) is 2.56. The van der Waals surface area contributed by atoms with Crippen LogP contribution in [0, 0.1) is 11.6 Å². The van der Waals surface area contributed by atoms with E-state index in [1.165, 1.54) is 0 Å². The maximum Gasteiger partial charge on any atom is 0.338 e. The number of amides is 2. The van der Waals surface area contributed by atoms with E-state index in [4.69, 9.17) is 15.3 Å². The first-order valence-corrected chi connectivity index (χ1v) is 5.90. The number of carboxylic acid groups (broad SMARTS) is 1. The maximum atomic E-state index is 13.5. The van der Waals surface area contributed by atoms with Crippen molar-refractivity contribution >= 4 is 17.7 Å². The lowest BCUT2D eigenvalue weighted by atomic mass is 10.2. The molecule has 0 radical (unpaired) electrons. The van der Waals surface area contributed by atoms with Gasteiger partial charge in [0.25, 0.3) is 0 Å². The van der Waals surface area contributed by atoms with Gasteiger partial charge in [0.2, 0.25) is 0 Å². The lowest BCUT2D eigenvalue weighted by Crippen LogP contribution is -2.39. The van der Waals surface area contributed by atoms with Crippen LogP contribution >= 0.6 is 0 Å². The Morgan fingerprint density at radius 3 is 2.14 bits per heavy atom. The smallest absolute Gasteiger partial charge is 0.338 e. The Balaban J connectivity index is 2.98. The molecule has 21 heavy (non-hydrogen) atoms. The molecule has 0 saturated heterocycles. The van der Waals surface area contributed by atoms with E-state index in [-0.39, 0.29) is 26.3 Å². The van der Waals surface area contributed by atoms with Gasteiger partial charge in [-0.15, -0.1) is 0 Å². The maximum absolute atomic E-state index is 13.5. The summed E-state index contributed by atoms with van der Waals surface area (Å²) in [4.78, 5) is 23.5. The number of carbonyl (C=O) groups is 2. The summed E-state index contributed by atoms with van der Waals surface area (Å²) in [5.41, 5.74) is -1.30. The van der Waals surface area contributed by atoms with Crippen molar-refractivity contribution in [1.29, 1.82) is 0 Å². The minimum Gasteiger partial charge on any atom is -0.478 e. The zero-order chi connectivity index (χ0) is 16.0. The Bertz CT molecular complexity index is 533. The van der Waals surface area contributed by atoms with Crippen LogP contribution in [0.4, 0.5) is 19.3 Å². The zero-order valence-corrected chi connectivity index (χ0v) is 10.8. The number of carbonyl (C=O) groups excluding carboxylic acids is 1. The predicted molar refractivity (Wildman–Crippen MR) is 68.1 cm³/mol.